The fourth-order valence-corrected chi connectivity index (χ4v) is 3.58. The Labute approximate surface area is 158 Å². The number of para-hydroxylation sites is 1. The second kappa shape index (κ2) is 7.75. The van der Waals surface area contributed by atoms with E-state index < -0.39 is 0 Å². The maximum Gasteiger partial charge on any atom is 0.224 e. The van der Waals surface area contributed by atoms with Crippen LogP contribution >= 0.6 is 11.6 Å². The zero-order valence-corrected chi connectivity index (χ0v) is 15.3. The standard InChI is InChI=1S/C21H21ClN4/c22-18-8-3-5-16(15-18)10-12-23-21-24-13-11-20(25-21)26-14-4-7-17-6-1-2-9-19(17)26/h1-3,5-6,8-9,11,13,15H,4,7,10,12,14H2,(H,23,24,25). The third-order valence-corrected chi connectivity index (χ3v) is 4.85. The SMILES string of the molecule is Clc1cccc(CCNc2nccc(N3CCCc4ccccc43)n2)c1. The number of fused-ring (bicyclic) bond motifs is 1. The number of hydrogen-bond acceptors (Lipinski definition) is 4. The molecule has 4 rings (SSSR count). The third kappa shape index (κ3) is 3.81. The van der Waals surface area contributed by atoms with Crippen LogP contribution in [0.25, 0.3) is 0 Å². The number of nitrogens with zero attached hydrogens (tertiary/aromatic N) is 3. The van der Waals surface area contributed by atoms with Crippen LogP contribution in [0.3, 0.4) is 0 Å². The van der Waals surface area contributed by atoms with E-state index in [0.717, 1.165) is 43.2 Å². The first-order valence-corrected chi connectivity index (χ1v) is 9.34. The molecule has 0 amide bonds. The van der Waals surface area contributed by atoms with Gasteiger partial charge in [-0.05, 0) is 54.7 Å². The first-order valence-electron chi connectivity index (χ1n) is 8.96. The lowest BCUT2D eigenvalue weighted by molar-refractivity contribution is 0.758. The van der Waals surface area contributed by atoms with Gasteiger partial charge in [0.15, 0.2) is 0 Å². The molecule has 2 aromatic carbocycles. The van der Waals surface area contributed by atoms with Crippen LogP contribution in [0.4, 0.5) is 17.5 Å². The molecule has 4 nitrogen and oxygen atoms in total. The number of hydrogen-bond donors (Lipinski definition) is 1. The molecule has 1 aromatic heterocycles. The van der Waals surface area contributed by atoms with E-state index in [0.29, 0.717) is 5.95 Å². The van der Waals surface area contributed by atoms with Gasteiger partial charge in [-0.3, -0.25) is 0 Å². The average Bonchev–Trinajstić information content (AvgIpc) is 2.68. The van der Waals surface area contributed by atoms with E-state index in [9.17, 15) is 0 Å². The van der Waals surface area contributed by atoms with Gasteiger partial charge in [-0.25, -0.2) is 4.98 Å². The number of rotatable bonds is 5. The van der Waals surface area contributed by atoms with Crippen molar-refractivity contribution in [1.82, 2.24) is 9.97 Å². The zero-order chi connectivity index (χ0) is 17.8. The second-order valence-corrected chi connectivity index (χ2v) is 6.87. The largest absolute Gasteiger partial charge is 0.354 e. The van der Waals surface area contributed by atoms with Crippen molar-refractivity contribution in [2.75, 3.05) is 23.3 Å². The first-order chi connectivity index (χ1) is 12.8. The molecule has 0 saturated carbocycles. The van der Waals surface area contributed by atoms with E-state index in [4.69, 9.17) is 16.6 Å². The number of benzene rings is 2. The Morgan fingerprint density at radius 3 is 2.92 bits per heavy atom. The normalized spacial score (nSPS) is 13.3. The molecule has 132 valence electrons. The smallest absolute Gasteiger partial charge is 0.224 e. The van der Waals surface area contributed by atoms with Gasteiger partial charge < -0.3 is 10.2 Å². The van der Waals surface area contributed by atoms with E-state index in [1.54, 1.807) is 0 Å². The van der Waals surface area contributed by atoms with Gasteiger partial charge in [0.2, 0.25) is 5.95 Å². The molecule has 3 aromatic rings. The maximum absolute atomic E-state index is 6.04. The lowest BCUT2D eigenvalue weighted by atomic mass is 10.0. The Kier molecular flexibility index (Phi) is 5.02. The van der Waals surface area contributed by atoms with E-state index >= 15 is 0 Å². The zero-order valence-electron chi connectivity index (χ0n) is 14.5. The van der Waals surface area contributed by atoms with Gasteiger partial charge >= 0.3 is 0 Å². The van der Waals surface area contributed by atoms with Crippen LogP contribution in [0.5, 0.6) is 0 Å². The quantitative estimate of drug-likeness (QED) is 0.701. The Morgan fingerprint density at radius 1 is 1.08 bits per heavy atom. The van der Waals surface area contributed by atoms with Gasteiger partial charge in [-0.1, -0.05) is 41.9 Å². The molecule has 2 heterocycles. The minimum absolute atomic E-state index is 0.660. The van der Waals surface area contributed by atoms with Crippen molar-refractivity contribution < 1.29 is 0 Å². The third-order valence-electron chi connectivity index (χ3n) is 4.61. The van der Waals surface area contributed by atoms with Crippen molar-refractivity contribution in [2.24, 2.45) is 0 Å². The fourth-order valence-electron chi connectivity index (χ4n) is 3.37. The molecule has 5 heteroatoms. The number of anilines is 3. The summed E-state index contributed by atoms with van der Waals surface area (Å²) >= 11 is 6.04. The fraction of sp³-hybridized carbons (Fsp3) is 0.238. The van der Waals surface area contributed by atoms with Crippen LogP contribution in [-0.4, -0.2) is 23.1 Å². The lowest BCUT2D eigenvalue weighted by Gasteiger charge is -2.30. The summed E-state index contributed by atoms with van der Waals surface area (Å²) in [6.45, 7) is 1.75. The Morgan fingerprint density at radius 2 is 2.00 bits per heavy atom. The molecule has 1 N–H and O–H groups in total. The molecule has 0 aliphatic carbocycles. The van der Waals surface area contributed by atoms with Gasteiger partial charge in [-0.15, -0.1) is 0 Å². The Hall–Kier alpha value is -2.59. The molecule has 0 unspecified atom stereocenters. The monoisotopic (exact) mass is 364 g/mol. The molecule has 1 aliphatic heterocycles. The van der Waals surface area contributed by atoms with Gasteiger partial charge in [0.25, 0.3) is 0 Å². The predicted molar refractivity (Wildman–Crippen MR) is 107 cm³/mol. The highest BCUT2D eigenvalue weighted by atomic mass is 35.5. The summed E-state index contributed by atoms with van der Waals surface area (Å²) in [5.74, 6) is 1.60. The molecule has 0 saturated heterocycles. The summed E-state index contributed by atoms with van der Waals surface area (Å²) in [6.07, 6.45) is 4.96. The molecule has 1 aliphatic rings. The number of aromatic nitrogens is 2. The summed E-state index contributed by atoms with van der Waals surface area (Å²) in [5.41, 5.74) is 3.83. The van der Waals surface area contributed by atoms with E-state index in [1.165, 1.54) is 16.8 Å². The van der Waals surface area contributed by atoms with Crippen molar-refractivity contribution in [1.29, 1.82) is 0 Å². The van der Waals surface area contributed by atoms with Crippen LogP contribution < -0.4 is 10.2 Å². The van der Waals surface area contributed by atoms with Gasteiger partial charge in [0.05, 0.1) is 0 Å². The van der Waals surface area contributed by atoms with Crippen molar-refractivity contribution >= 4 is 29.1 Å². The highest BCUT2D eigenvalue weighted by Gasteiger charge is 2.18. The molecular formula is C21H21ClN4. The van der Waals surface area contributed by atoms with Crippen LogP contribution in [0.2, 0.25) is 5.02 Å². The number of aryl methyl sites for hydroxylation is 1. The maximum atomic E-state index is 6.04. The summed E-state index contributed by atoms with van der Waals surface area (Å²) in [5, 5.41) is 4.09. The van der Waals surface area contributed by atoms with Crippen molar-refractivity contribution in [2.45, 2.75) is 19.3 Å². The molecule has 0 bridgehead atoms. The van der Waals surface area contributed by atoms with Crippen LogP contribution in [0, 0.1) is 0 Å². The highest BCUT2D eigenvalue weighted by molar-refractivity contribution is 6.30. The topological polar surface area (TPSA) is 41.1 Å². The minimum atomic E-state index is 0.660. The summed E-state index contributed by atoms with van der Waals surface area (Å²) in [4.78, 5) is 11.4. The molecule has 0 radical (unpaired) electrons. The Bertz CT molecular complexity index is 896. The first kappa shape index (κ1) is 16.9. The lowest BCUT2D eigenvalue weighted by Crippen LogP contribution is -2.25. The van der Waals surface area contributed by atoms with Crippen LogP contribution in [0.1, 0.15) is 17.5 Å². The molecule has 0 spiro atoms. The average molecular weight is 365 g/mol. The summed E-state index contributed by atoms with van der Waals surface area (Å²) < 4.78 is 0. The molecule has 0 fully saturated rings. The number of halogens is 1. The molecule has 26 heavy (non-hydrogen) atoms. The van der Waals surface area contributed by atoms with Crippen LogP contribution in [-0.2, 0) is 12.8 Å². The van der Waals surface area contributed by atoms with Gasteiger partial charge in [0, 0.05) is 30.0 Å². The van der Waals surface area contributed by atoms with Crippen molar-refractivity contribution in [3.05, 3.63) is 76.9 Å². The summed E-state index contributed by atoms with van der Waals surface area (Å²) in [7, 11) is 0. The van der Waals surface area contributed by atoms with Gasteiger partial charge in [-0.2, -0.15) is 4.98 Å². The van der Waals surface area contributed by atoms with Crippen molar-refractivity contribution in [3.63, 3.8) is 0 Å². The van der Waals surface area contributed by atoms with E-state index in [1.807, 2.05) is 30.5 Å². The van der Waals surface area contributed by atoms with Crippen molar-refractivity contribution in [3.8, 4) is 0 Å². The minimum Gasteiger partial charge on any atom is -0.354 e. The Balaban J connectivity index is 1.46. The number of nitrogens with one attached hydrogen (secondary N) is 1. The summed E-state index contributed by atoms with van der Waals surface area (Å²) in [6, 6.07) is 18.5. The highest BCUT2D eigenvalue weighted by Crippen LogP contribution is 2.32. The van der Waals surface area contributed by atoms with E-state index in [2.05, 4.69) is 45.5 Å². The molecular weight excluding hydrogens is 344 g/mol. The van der Waals surface area contributed by atoms with Gasteiger partial charge in [0.1, 0.15) is 5.82 Å². The van der Waals surface area contributed by atoms with E-state index in [-0.39, 0.29) is 0 Å². The van der Waals surface area contributed by atoms with Crippen LogP contribution in [0.15, 0.2) is 60.8 Å². The predicted octanol–water partition coefficient (Wildman–Crippen LogP) is 4.87. The molecule has 0 atom stereocenters. The second-order valence-electron chi connectivity index (χ2n) is 6.43.